The Labute approximate surface area is 367 Å². The standard InChI is InChI=1S/C54H98O5/c1-3-5-7-9-11-13-15-16-17-18-19-20-21-22-23-24-25-26-27-28-29-30-31-32-33-34-35-36-37-38-39-41-43-45-47-49-54(57)59-52(50-55)51-58-53(56)48-46-44-42-40-14-12-10-8-6-4-2/h5,7,11,13,16-17,19-20,52,55H,3-4,6,8-10,12,14-15,18,21-51H2,1-2H3/b7-5-,13-11-,17-16-,20-19-. The molecular formula is C54H98O5. The SMILES string of the molecule is CC/C=C\C/C=C\C/C=C\C/C=C\CCCCCCCCCCCCCCCCCCCCCCCCC(=O)OC(CO)COC(=O)CCCCCCCCCCCC. The van der Waals surface area contributed by atoms with E-state index >= 15 is 0 Å². The molecule has 0 bridgehead atoms. The largest absolute Gasteiger partial charge is 0.462 e. The second kappa shape index (κ2) is 50.2. The van der Waals surface area contributed by atoms with Gasteiger partial charge >= 0.3 is 11.9 Å². The van der Waals surface area contributed by atoms with Gasteiger partial charge in [0, 0.05) is 12.8 Å². The predicted molar refractivity (Wildman–Crippen MR) is 256 cm³/mol. The molecule has 0 radical (unpaired) electrons. The molecule has 344 valence electrons. The third kappa shape index (κ3) is 48.4. The van der Waals surface area contributed by atoms with Gasteiger partial charge in [0.25, 0.3) is 0 Å². The summed E-state index contributed by atoms with van der Waals surface area (Å²) in [5, 5.41) is 9.58. The van der Waals surface area contributed by atoms with Gasteiger partial charge in [0.1, 0.15) is 6.61 Å². The summed E-state index contributed by atoms with van der Waals surface area (Å²) in [6.07, 6.45) is 65.2. The van der Waals surface area contributed by atoms with E-state index in [2.05, 4.69) is 62.5 Å². The van der Waals surface area contributed by atoms with Gasteiger partial charge in [-0.2, -0.15) is 0 Å². The van der Waals surface area contributed by atoms with Gasteiger partial charge in [-0.15, -0.1) is 0 Å². The molecular weight excluding hydrogens is 729 g/mol. The zero-order valence-electron chi connectivity index (χ0n) is 39.3. The van der Waals surface area contributed by atoms with Crippen LogP contribution >= 0.6 is 0 Å². The van der Waals surface area contributed by atoms with Crippen LogP contribution < -0.4 is 0 Å². The van der Waals surface area contributed by atoms with Crippen molar-refractivity contribution in [2.45, 2.75) is 270 Å². The second-order valence-corrected chi connectivity index (χ2v) is 17.2. The van der Waals surface area contributed by atoms with Crippen molar-refractivity contribution in [2.24, 2.45) is 0 Å². The molecule has 1 N–H and O–H groups in total. The van der Waals surface area contributed by atoms with Crippen LogP contribution in [0, 0.1) is 0 Å². The Hall–Kier alpha value is -2.14. The lowest BCUT2D eigenvalue weighted by Crippen LogP contribution is -2.28. The first-order valence-electron chi connectivity index (χ1n) is 25.7. The summed E-state index contributed by atoms with van der Waals surface area (Å²) < 4.78 is 10.6. The number of allylic oxidation sites excluding steroid dienone is 8. The van der Waals surface area contributed by atoms with E-state index in [1.807, 2.05) is 0 Å². The smallest absolute Gasteiger partial charge is 0.306 e. The number of aliphatic hydroxyl groups excluding tert-OH is 1. The van der Waals surface area contributed by atoms with E-state index in [1.165, 1.54) is 173 Å². The molecule has 0 aromatic heterocycles. The van der Waals surface area contributed by atoms with Gasteiger partial charge < -0.3 is 14.6 Å². The maximum atomic E-state index is 12.2. The maximum absolute atomic E-state index is 12.2. The summed E-state index contributed by atoms with van der Waals surface area (Å²) in [4.78, 5) is 24.3. The van der Waals surface area contributed by atoms with Crippen LogP contribution in [-0.2, 0) is 19.1 Å². The van der Waals surface area contributed by atoms with Gasteiger partial charge in [0.05, 0.1) is 6.61 Å². The Morgan fingerprint density at radius 2 is 0.729 bits per heavy atom. The molecule has 0 spiro atoms. The number of aliphatic hydroxyl groups is 1. The van der Waals surface area contributed by atoms with Crippen molar-refractivity contribution in [1.29, 1.82) is 0 Å². The fraction of sp³-hybridized carbons (Fsp3) is 0.815. The van der Waals surface area contributed by atoms with Crippen molar-refractivity contribution >= 4 is 11.9 Å². The van der Waals surface area contributed by atoms with Crippen LogP contribution in [-0.4, -0.2) is 36.4 Å². The number of ether oxygens (including phenoxy) is 2. The Bertz CT molecular complexity index is 981. The molecule has 0 amide bonds. The summed E-state index contributed by atoms with van der Waals surface area (Å²) in [6, 6.07) is 0. The highest BCUT2D eigenvalue weighted by atomic mass is 16.6. The average Bonchev–Trinajstić information content (AvgIpc) is 3.24. The number of rotatable bonds is 47. The Kier molecular flexibility index (Phi) is 48.4. The first-order valence-corrected chi connectivity index (χ1v) is 25.7. The van der Waals surface area contributed by atoms with Crippen LogP contribution in [0.1, 0.15) is 264 Å². The zero-order chi connectivity index (χ0) is 42.8. The summed E-state index contributed by atoms with van der Waals surface area (Å²) in [5.41, 5.74) is 0. The summed E-state index contributed by atoms with van der Waals surface area (Å²) in [5.74, 6) is -0.580. The number of unbranched alkanes of at least 4 members (excludes halogenated alkanes) is 31. The summed E-state index contributed by atoms with van der Waals surface area (Å²) in [6.45, 7) is 4.03. The molecule has 0 aromatic carbocycles. The van der Waals surface area contributed by atoms with Gasteiger partial charge in [0.2, 0.25) is 0 Å². The molecule has 59 heavy (non-hydrogen) atoms. The van der Waals surface area contributed by atoms with Gasteiger partial charge in [-0.25, -0.2) is 0 Å². The average molecular weight is 827 g/mol. The molecule has 1 atom stereocenters. The summed E-state index contributed by atoms with van der Waals surface area (Å²) >= 11 is 0. The fourth-order valence-corrected chi connectivity index (χ4v) is 7.55. The van der Waals surface area contributed by atoms with Gasteiger partial charge in [-0.3, -0.25) is 9.59 Å². The number of carbonyl (C=O) groups excluding carboxylic acids is 2. The van der Waals surface area contributed by atoms with E-state index in [9.17, 15) is 14.7 Å². The van der Waals surface area contributed by atoms with Crippen molar-refractivity contribution in [3.8, 4) is 0 Å². The van der Waals surface area contributed by atoms with Crippen molar-refractivity contribution in [1.82, 2.24) is 0 Å². The van der Waals surface area contributed by atoms with Crippen LogP contribution in [0.25, 0.3) is 0 Å². The molecule has 5 nitrogen and oxygen atoms in total. The van der Waals surface area contributed by atoms with Crippen LogP contribution in [0.5, 0.6) is 0 Å². The van der Waals surface area contributed by atoms with Crippen LogP contribution in [0.15, 0.2) is 48.6 Å². The Morgan fingerprint density at radius 3 is 1.10 bits per heavy atom. The molecule has 0 aromatic rings. The highest BCUT2D eigenvalue weighted by Gasteiger charge is 2.16. The molecule has 5 heteroatoms. The highest BCUT2D eigenvalue weighted by molar-refractivity contribution is 5.70. The molecule has 1 unspecified atom stereocenters. The van der Waals surface area contributed by atoms with E-state index in [4.69, 9.17) is 9.47 Å². The molecule has 0 fully saturated rings. The van der Waals surface area contributed by atoms with Crippen molar-refractivity contribution in [3.63, 3.8) is 0 Å². The topological polar surface area (TPSA) is 72.8 Å². The molecule has 0 aliphatic carbocycles. The normalized spacial score (nSPS) is 12.5. The maximum Gasteiger partial charge on any atom is 0.306 e. The van der Waals surface area contributed by atoms with Gasteiger partial charge in [-0.05, 0) is 51.4 Å². The number of hydrogen-bond donors (Lipinski definition) is 1. The van der Waals surface area contributed by atoms with E-state index in [1.54, 1.807) is 0 Å². The Morgan fingerprint density at radius 1 is 0.407 bits per heavy atom. The van der Waals surface area contributed by atoms with Crippen LogP contribution in [0.3, 0.4) is 0 Å². The van der Waals surface area contributed by atoms with Crippen molar-refractivity contribution < 1.29 is 24.2 Å². The third-order valence-electron chi connectivity index (χ3n) is 11.4. The monoisotopic (exact) mass is 827 g/mol. The lowest BCUT2D eigenvalue weighted by Gasteiger charge is -2.15. The minimum absolute atomic E-state index is 0.0606. The highest BCUT2D eigenvalue weighted by Crippen LogP contribution is 2.17. The predicted octanol–water partition coefficient (Wildman–Crippen LogP) is 16.9. The first kappa shape index (κ1) is 56.9. The van der Waals surface area contributed by atoms with Crippen molar-refractivity contribution in [3.05, 3.63) is 48.6 Å². The quantitative estimate of drug-likeness (QED) is 0.0376. The second-order valence-electron chi connectivity index (χ2n) is 17.2. The van der Waals surface area contributed by atoms with E-state index in [0.717, 1.165) is 64.2 Å². The minimum Gasteiger partial charge on any atom is -0.462 e. The van der Waals surface area contributed by atoms with Gasteiger partial charge in [-0.1, -0.05) is 249 Å². The van der Waals surface area contributed by atoms with E-state index in [0.29, 0.717) is 12.8 Å². The first-order chi connectivity index (χ1) is 29.1. The third-order valence-corrected chi connectivity index (χ3v) is 11.4. The van der Waals surface area contributed by atoms with Gasteiger partial charge in [0.15, 0.2) is 6.10 Å². The molecule has 0 saturated heterocycles. The molecule has 0 aliphatic rings. The molecule has 0 saturated carbocycles. The van der Waals surface area contributed by atoms with E-state index < -0.39 is 6.10 Å². The number of esters is 2. The van der Waals surface area contributed by atoms with E-state index in [-0.39, 0.29) is 25.2 Å². The lowest BCUT2D eigenvalue weighted by molar-refractivity contribution is -0.161. The molecule has 0 aliphatic heterocycles. The lowest BCUT2D eigenvalue weighted by atomic mass is 10.0. The van der Waals surface area contributed by atoms with Crippen LogP contribution in [0.4, 0.5) is 0 Å². The molecule has 0 rings (SSSR count). The zero-order valence-corrected chi connectivity index (χ0v) is 39.3. The summed E-state index contributed by atoms with van der Waals surface area (Å²) in [7, 11) is 0. The fourth-order valence-electron chi connectivity index (χ4n) is 7.55. The Balaban J connectivity index is 3.38. The van der Waals surface area contributed by atoms with Crippen LogP contribution in [0.2, 0.25) is 0 Å². The number of carbonyl (C=O) groups is 2. The number of hydrogen-bond acceptors (Lipinski definition) is 5. The van der Waals surface area contributed by atoms with Crippen molar-refractivity contribution in [2.75, 3.05) is 13.2 Å². The minimum atomic E-state index is -0.766. The molecule has 0 heterocycles.